The zero-order valence-corrected chi connectivity index (χ0v) is 21.2. The van der Waals surface area contributed by atoms with Crippen molar-refractivity contribution >= 4 is 37.7 Å². The van der Waals surface area contributed by atoms with E-state index in [0.29, 0.717) is 28.8 Å². The monoisotopic (exact) mass is 592 g/mol. The first-order chi connectivity index (χ1) is 16.4. The number of nitrogens with zero attached hydrogens (tertiary/aromatic N) is 6. The summed E-state index contributed by atoms with van der Waals surface area (Å²) < 4.78 is 25.0. The average molecular weight is 594 g/mol. The molecule has 3 aromatic heterocycles. The molecule has 0 saturated carbocycles. The average Bonchev–Trinajstić information content (AvgIpc) is 3.40. The Morgan fingerprint density at radius 1 is 1.18 bits per heavy atom. The zero-order chi connectivity index (χ0) is 24.2. The quantitative estimate of drug-likeness (QED) is 0.190. The molecule has 0 radical (unpaired) electrons. The van der Waals surface area contributed by atoms with Gasteiger partial charge in [-0.25, -0.2) is 9.37 Å². The summed E-state index contributed by atoms with van der Waals surface area (Å²) in [7, 11) is 0. The number of benzene rings is 1. The van der Waals surface area contributed by atoms with Gasteiger partial charge in [0.1, 0.15) is 16.2 Å². The van der Waals surface area contributed by atoms with Crippen molar-refractivity contribution in [2.45, 2.75) is 26.4 Å². The van der Waals surface area contributed by atoms with Gasteiger partial charge < -0.3 is 19.4 Å². The fraction of sp³-hybridized carbons (Fsp3) is 0.227. The lowest BCUT2D eigenvalue weighted by Crippen LogP contribution is -2.08. The molecular weight excluding hydrogens is 575 g/mol. The molecule has 0 aliphatic heterocycles. The Bertz CT molecular complexity index is 1340. The molecule has 3 heterocycles. The van der Waals surface area contributed by atoms with Crippen LogP contribution in [0.4, 0.5) is 10.2 Å². The van der Waals surface area contributed by atoms with Crippen molar-refractivity contribution in [3.05, 3.63) is 85.2 Å². The highest BCUT2D eigenvalue weighted by Gasteiger charge is 2.19. The molecule has 0 fully saturated rings. The van der Waals surface area contributed by atoms with Gasteiger partial charge in [0.25, 0.3) is 0 Å². The minimum atomic E-state index is -0.606. The molecule has 0 aliphatic carbocycles. The maximum Gasteiger partial charge on any atom is 0.406 e. The molecular formula is C22H19Br2FN6O3. The summed E-state index contributed by atoms with van der Waals surface area (Å²) in [6.07, 6.45) is 6.98. The molecule has 0 N–H and O–H groups in total. The Hall–Kier alpha value is -3.12. The Balaban J connectivity index is 1.57. The molecule has 0 amide bonds. The van der Waals surface area contributed by atoms with Gasteiger partial charge >= 0.3 is 5.82 Å². The molecule has 0 aliphatic rings. The van der Waals surface area contributed by atoms with Gasteiger partial charge in [-0.15, -0.1) is 0 Å². The third kappa shape index (κ3) is 5.17. The van der Waals surface area contributed by atoms with Gasteiger partial charge in [-0.1, -0.05) is 0 Å². The van der Waals surface area contributed by atoms with Gasteiger partial charge in [-0.2, -0.15) is 5.10 Å². The van der Waals surface area contributed by atoms with Crippen LogP contribution in [0.2, 0.25) is 0 Å². The SMILES string of the molecule is CCn1ncc(Cn2ccnc2-c2ccc(F)cc2CCOc2cc(Br)cnc2[N+](=O)[O-])c1Br. The molecule has 0 spiro atoms. The van der Waals surface area contributed by atoms with Crippen molar-refractivity contribution in [3.63, 3.8) is 0 Å². The summed E-state index contributed by atoms with van der Waals surface area (Å²) in [5, 5.41) is 15.6. The number of nitro groups is 1. The van der Waals surface area contributed by atoms with Crippen molar-refractivity contribution in [2.75, 3.05) is 6.61 Å². The second-order valence-electron chi connectivity index (χ2n) is 7.29. The molecule has 1 aromatic carbocycles. The topological polar surface area (TPSA) is 101 Å². The number of hydrogen-bond donors (Lipinski definition) is 0. The van der Waals surface area contributed by atoms with Gasteiger partial charge in [0.2, 0.25) is 5.75 Å². The maximum atomic E-state index is 14.1. The van der Waals surface area contributed by atoms with Crippen LogP contribution in [-0.4, -0.2) is 35.8 Å². The van der Waals surface area contributed by atoms with Gasteiger partial charge in [0.05, 0.1) is 23.8 Å². The molecule has 0 bridgehead atoms. The second kappa shape index (κ2) is 10.4. The lowest BCUT2D eigenvalue weighted by atomic mass is 10.0. The van der Waals surface area contributed by atoms with Crippen molar-refractivity contribution in [3.8, 4) is 17.1 Å². The number of ether oxygens (including phenoxy) is 1. The standard InChI is InChI=1S/C22H19Br2FN6O3/c1-2-30-20(24)15(11-28-30)13-29-7-6-26-21(29)18-4-3-17(25)9-14(18)5-8-34-19-10-16(23)12-27-22(19)31(32)33/h3-4,6-7,9-12H,2,5,8,13H2,1H3. The van der Waals surface area contributed by atoms with E-state index in [1.807, 2.05) is 22.4 Å². The van der Waals surface area contributed by atoms with Crippen molar-refractivity contribution in [1.82, 2.24) is 24.3 Å². The Morgan fingerprint density at radius 3 is 2.74 bits per heavy atom. The number of aryl methyl sites for hydroxylation is 1. The molecule has 0 saturated heterocycles. The predicted octanol–water partition coefficient (Wildman–Crippen LogP) is 5.40. The lowest BCUT2D eigenvalue weighted by Gasteiger charge is -2.13. The minimum absolute atomic E-state index is 0.0385. The molecule has 12 heteroatoms. The Labute approximate surface area is 211 Å². The van der Waals surface area contributed by atoms with Crippen molar-refractivity contribution < 1.29 is 14.1 Å². The van der Waals surface area contributed by atoms with Gasteiger partial charge in [-0.05, 0) is 72.5 Å². The minimum Gasteiger partial charge on any atom is -0.485 e. The Morgan fingerprint density at radius 2 is 2.00 bits per heavy atom. The van der Waals surface area contributed by atoms with E-state index >= 15 is 0 Å². The molecule has 4 rings (SSSR count). The van der Waals surface area contributed by atoms with E-state index in [1.165, 1.54) is 24.4 Å². The third-order valence-electron chi connectivity index (χ3n) is 5.11. The van der Waals surface area contributed by atoms with Crippen LogP contribution in [0.25, 0.3) is 11.4 Å². The molecule has 0 atom stereocenters. The zero-order valence-electron chi connectivity index (χ0n) is 18.0. The highest BCUT2D eigenvalue weighted by atomic mass is 79.9. The number of imidazole rings is 1. The largest absolute Gasteiger partial charge is 0.485 e. The van der Waals surface area contributed by atoms with Crippen molar-refractivity contribution in [1.29, 1.82) is 0 Å². The molecule has 176 valence electrons. The molecule has 34 heavy (non-hydrogen) atoms. The van der Waals surface area contributed by atoms with Gasteiger partial charge in [-0.3, -0.25) is 4.68 Å². The van der Waals surface area contributed by atoms with Crippen LogP contribution in [0.3, 0.4) is 0 Å². The van der Waals surface area contributed by atoms with E-state index in [0.717, 1.165) is 22.3 Å². The van der Waals surface area contributed by atoms with Gasteiger partial charge in [0.15, 0.2) is 6.20 Å². The fourth-order valence-electron chi connectivity index (χ4n) is 3.52. The van der Waals surface area contributed by atoms with Crippen LogP contribution in [0.1, 0.15) is 18.1 Å². The van der Waals surface area contributed by atoms with Crippen LogP contribution >= 0.6 is 31.9 Å². The number of rotatable bonds is 9. The van der Waals surface area contributed by atoms with Crippen LogP contribution in [0, 0.1) is 15.9 Å². The van der Waals surface area contributed by atoms with E-state index in [4.69, 9.17) is 4.74 Å². The predicted molar refractivity (Wildman–Crippen MR) is 130 cm³/mol. The lowest BCUT2D eigenvalue weighted by molar-refractivity contribution is -0.390. The van der Waals surface area contributed by atoms with E-state index in [9.17, 15) is 14.5 Å². The molecule has 4 aromatic rings. The fourth-order valence-corrected chi connectivity index (χ4v) is 4.40. The Kier molecular flexibility index (Phi) is 7.37. The van der Waals surface area contributed by atoms with E-state index in [1.54, 1.807) is 18.5 Å². The van der Waals surface area contributed by atoms with E-state index in [2.05, 4.69) is 46.9 Å². The van der Waals surface area contributed by atoms with Crippen LogP contribution in [-0.2, 0) is 19.5 Å². The number of pyridine rings is 1. The first-order valence-corrected chi connectivity index (χ1v) is 11.9. The smallest absolute Gasteiger partial charge is 0.406 e. The first-order valence-electron chi connectivity index (χ1n) is 10.3. The number of halogens is 3. The number of aromatic nitrogens is 5. The first kappa shape index (κ1) is 24.0. The maximum absolute atomic E-state index is 14.1. The highest BCUT2D eigenvalue weighted by molar-refractivity contribution is 9.10. The van der Waals surface area contributed by atoms with Crippen LogP contribution < -0.4 is 4.74 Å². The summed E-state index contributed by atoms with van der Waals surface area (Å²) in [6.45, 7) is 3.37. The number of hydrogen-bond acceptors (Lipinski definition) is 6. The third-order valence-corrected chi connectivity index (χ3v) is 6.46. The van der Waals surface area contributed by atoms with E-state index < -0.39 is 4.92 Å². The summed E-state index contributed by atoms with van der Waals surface area (Å²) in [6, 6.07) is 5.97. The molecule has 9 nitrogen and oxygen atoms in total. The summed E-state index contributed by atoms with van der Waals surface area (Å²) >= 11 is 6.82. The highest BCUT2D eigenvalue weighted by Crippen LogP contribution is 2.29. The van der Waals surface area contributed by atoms with Crippen LogP contribution in [0.15, 0.2) is 58.1 Å². The molecule has 0 unspecified atom stereocenters. The summed E-state index contributed by atoms with van der Waals surface area (Å²) in [4.78, 5) is 18.9. The van der Waals surface area contributed by atoms with Crippen molar-refractivity contribution in [2.24, 2.45) is 0 Å². The second-order valence-corrected chi connectivity index (χ2v) is 8.95. The normalized spacial score (nSPS) is 11.1. The van der Waals surface area contributed by atoms with E-state index in [-0.39, 0.29) is 24.0 Å². The van der Waals surface area contributed by atoms with Crippen LogP contribution in [0.5, 0.6) is 5.75 Å². The van der Waals surface area contributed by atoms with Gasteiger partial charge in [0, 0.05) is 42.6 Å². The summed E-state index contributed by atoms with van der Waals surface area (Å²) in [5.41, 5.74) is 2.40. The summed E-state index contributed by atoms with van der Waals surface area (Å²) in [5.74, 6) is -0.0618.